The molecule has 0 radical (unpaired) electrons. The third kappa shape index (κ3) is 6.04. The highest BCUT2D eigenvalue weighted by atomic mass is 16.4. The highest BCUT2D eigenvalue weighted by Gasteiger charge is 2.30. The van der Waals surface area contributed by atoms with Crippen LogP contribution in [0.25, 0.3) is 22.3 Å². The molecule has 3 aromatic carbocycles. The highest BCUT2D eigenvalue weighted by molar-refractivity contribution is 6.03. The van der Waals surface area contributed by atoms with Gasteiger partial charge in [0.15, 0.2) is 0 Å². The topological polar surface area (TPSA) is 74.6 Å². The molecule has 0 bridgehead atoms. The van der Waals surface area contributed by atoms with E-state index in [9.17, 15) is 19.8 Å². The third-order valence-corrected chi connectivity index (χ3v) is 6.48. The molecule has 3 rings (SSSR count). The van der Waals surface area contributed by atoms with Crippen LogP contribution < -0.4 is 0 Å². The molecule has 3 aromatic rings. The van der Waals surface area contributed by atoms with Gasteiger partial charge < -0.3 is 10.2 Å². The molecule has 0 aliphatic rings. The van der Waals surface area contributed by atoms with Crippen molar-refractivity contribution in [1.29, 1.82) is 0 Å². The second-order valence-corrected chi connectivity index (χ2v) is 12.0. The van der Waals surface area contributed by atoms with Gasteiger partial charge in [-0.25, -0.2) is 9.59 Å². The molecule has 36 heavy (non-hydrogen) atoms. The summed E-state index contributed by atoms with van der Waals surface area (Å²) in [7, 11) is 0. The molecule has 0 atom stereocenters. The summed E-state index contributed by atoms with van der Waals surface area (Å²) in [6, 6.07) is 18.3. The monoisotopic (exact) mass is 486 g/mol. The number of carbonyl (C=O) groups is 2. The van der Waals surface area contributed by atoms with Crippen LogP contribution in [0.15, 0.2) is 60.7 Å². The quantitative estimate of drug-likeness (QED) is 0.336. The summed E-state index contributed by atoms with van der Waals surface area (Å²) in [5, 5.41) is 20.1. The molecule has 2 N–H and O–H groups in total. The van der Waals surface area contributed by atoms with Gasteiger partial charge in [-0.2, -0.15) is 0 Å². The van der Waals surface area contributed by atoms with Crippen molar-refractivity contribution in [2.75, 3.05) is 0 Å². The van der Waals surface area contributed by atoms with Gasteiger partial charge in [0.1, 0.15) is 0 Å². The van der Waals surface area contributed by atoms with Crippen molar-refractivity contribution >= 4 is 11.9 Å². The first kappa shape index (κ1) is 27.2. The van der Waals surface area contributed by atoms with Crippen LogP contribution in [0.3, 0.4) is 0 Å². The molecule has 0 aliphatic heterocycles. The van der Waals surface area contributed by atoms with E-state index in [1.807, 2.05) is 24.3 Å². The molecule has 0 amide bonds. The van der Waals surface area contributed by atoms with Gasteiger partial charge in [-0.1, -0.05) is 90.9 Å². The zero-order valence-corrected chi connectivity index (χ0v) is 22.5. The van der Waals surface area contributed by atoms with E-state index < -0.39 is 11.9 Å². The molecule has 0 fully saturated rings. The van der Waals surface area contributed by atoms with Crippen molar-refractivity contribution in [3.63, 3.8) is 0 Å². The highest BCUT2D eigenvalue weighted by Crippen LogP contribution is 2.44. The van der Waals surface area contributed by atoms with E-state index in [2.05, 4.69) is 60.6 Å². The van der Waals surface area contributed by atoms with Crippen molar-refractivity contribution in [2.45, 2.75) is 66.7 Å². The molecule has 0 unspecified atom stereocenters. The van der Waals surface area contributed by atoms with Crippen molar-refractivity contribution in [1.82, 2.24) is 0 Å². The number of aromatic carboxylic acids is 2. The standard InChI is InChI=1S/C32H38O4/c1-20(2)16-21-17-22(32(6,7)19-31(3,4)5)18-27(23-12-8-10-14-25(23)29(33)34)28(21)24-13-9-11-15-26(24)30(35)36/h8-15,17-18,20H,16,19H2,1-7H3,(H,33,34)(H,35,36). The van der Waals surface area contributed by atoms with Crippen LogP contribution in [-0.2, 0) is 11.8 Å². The maximum Gasteiger partial charge on any atom is 0.336 e. The Morgan fingerprint density at radius 2 is 1.25 bits per heavy atom. The average Bonchev–Trinajstić information content (AvgIpc) is 2.76. The van der Waals surface area contributed by atoms with Crippen molar-refractivity contribution in [2.24, 2.45) is 11.3 Å². The third-order valence-electron chi connectivity index (χ3n) is 6.48. The predicted molar refractivity (Wildman–Crippen MR) is 147 cm³/mol. The van der Waals surface area contributed by atoms with E-state index in [1.165, 1.54) is 0 Å². The zero-order valence-electron chi connectivity index (χ0n) is 22.5. The van der Waals surface area contributed by atoms with Gasteiger partial charge in [-0.15, -0.1) is 0 Å². The minimum atomic E-state index is -1.01. The van der Waals surface area contributed by atoms with Crippen LogP contribution in [0, 0.1) is 11.3 Å². The Kier molecular flexibility index (Phi) is 7.78. The van der Waals surface area contributed by atoms with Crippen LogP contribution in [0.1, 0.15) is 86.7 Å². The smallest absolute Gasteiger partial charge is 0.336 e. The molecule has 4 heteroatoms. The molecule has 0 saturated heterocycles. The fourth-order valence-electron chi connectivity index (χ4n) is 5.44. The second kappa shape index (κ2) is 10.3. The lowest BCUT2D eigenvalue weighted by Crippen LogP contribution is -2.25. The summed E-state index contributed by atoms with van der Waals surface area (Å²) < 4.78 is 0. The molecule has 0 heterocycles. The first-order valence-electron chi connectivity index (χ1n) is 12.5. The first-order valence-corrected chi connectivity index (χ1v) is 12.5. The van der Waals surface area contributed by atoms with E-state index in [0.717, 1.165) is 35.1 Å². The lowest BCUT2D eigenvalue weighted by Gasteiger charge is -2.34. The summed E-state index contributed by atoms with van der Waals surface area (Å²) in [6.07, 6.45) is 1.68. The fourth-order valence-corrected chi connectivity index (χ4v) is 5.44. The van der Waals surface area contributed by atoms with Gasteiger partial charge in [-0.3, -0.25) is 0 Å². The maximum absolute atomic E-state index is 12.3. The fraction of sp³-hybridized carbons (Fsp3) is 0.375. The molecule has 4 nitrogen and oxygen atoms in total. The summed E-state index contributed by atoms with van der Waals surface area (Å²) in [5.41, 5.74) is 5.24. The number of benzene rings is 3. The van der Waals surface area contributed by atoms with E-state index in [0.29, 0.717) is 17.0 Å². The van der Waals surface area contributed by atoms with Gasteiger partial charge >= 0.3 is 11.9 Å². The first-order chi connectivity index (χ1) is 16.7. The summed E-state index contributed by atoms with van der Waals surface area (Å²) in [6.45, 7) is 15.4. The summed E-state index contributed by atoms with van der Waals surface area (Å²) in [5.74, 6) is -1.69. The molecular formula is C32H38O4. The van der Waals surface area contributed by atoms with Crippen LogP contribution in [-0.4, -0.2) is 22.2 Å². The predicted octanol–water partition coefficient (Wildman–Crippen LogP) is 8.33. The largest absolute Gasteiger partial charge is 0.478 e. The Bertz CT molecular complexity index is 1280. The molecule has 0 aromatic heterocycles. The Morgan fingerprint density at radius 1 is 0.750 bits per heavy atom. The minimum Gasteiger partial charge on any atom is -0.478 e. The SMILES string of the molecule is CC(C)Cc1cc(C(C)(C)CC(C)(C)C)cc(-c2ccccc2C(=O)O)c1-c1ccccc1C(=O)O. The summed E-state index contributed by atoms with van der Waals surface area (Å²) >= 11 is 0. The van der Waals surface area contributed by atoms with Crippen molar-refractivity contribution in [3.05, 3.63) is 82.9 Å². The number of rotatable bonds is 8. The second-order valence-electron chi connectivity index (χ2n) is 12.0. The molecule has 0 spiro atoms. The Morgan fingerprint density at radius 3 is 1.75 bits per heavy atom. The normalized spacial score (nSPS) is 12.1. The average molecular weight is 487 g/mol. The Hall–Kier alpha value is -3.40. The van der Waals surface area contributed by atoms with Crippen molar-refractivity contribution in [3.8, 4) is 22.3 Å². The van der Waals surface area contributed by atoms with Crippen LogP contribution >= 0.6 is 0 Å². The Labute approximate surface area is 215 Å². The van der Waals surface area contributed by atoms with Crippen molar-refractivity contribution < 1.29 is 19.8 Å². The van der Waals surface area contributed by atoms with Gasteiger partial charge in [0, 0.05) is 0 Å². The van der Waals surface area contributed by atoms with E-state index >= 15 is 0 Å². The maximum atomic E-state index is 12.3. The van der Waals surface area contributed by atoms with Gasteiger partial charge in [0.05, 0.1) is 11.1 Å². The van der Waals surface area contributed by atoms with Gasteiger partial charge in [0.2, 0.25) is 0 Å². The van der Waals surface area contributed by atoms with Crippen LogP contribution in [0.4, 0.5) is 0 Å². The van der Waals surface area contributed by atoms with Gasteiger partial charge in [0.25, 0.3) is 0 Å². The summed E-state index contributed by atoms with van der Waals surface area (Å²) in [4.78, 5) is 24.5. The Balaban J connectivity index is 2.50. The molecule has 0 aliphatic carbocycles. The number of carboxylic acid groups (broad SMARTS) is 2. The van der Waals surface area contributed by atoms with Gasteiger partial charge in [-0.05, 0) is 81.2 Å². The molecule has 0 saturated carbocycles. The molecular weight excluding hydrogens is 448 g/mol. The lowest BCUT2D eigenvalue weighted by molar-refractivity contribution is 0.0686. The number of hydrogen-bond acceptors (Lipinski definition) is 2. The van der Waals surface area contributed by atoms with Crippen LogP contribution in [0.5, 0.6) is 0 Å². The van der Waals surface area contributed by atoms with Crippen LogP contribution in [0.2, 0.25) is 0 Å². The number of carboxylic acids is 2. The zero-order chi connectivity index (χ0) is 26.8. The minimum absolute atomic E-state index is 0.0927. The lowest BCUT2D eigenvalue weighted by atomic mass is 9.70. The van der Waals surface area contributed by atoms with E-state index in [-0.39, 0.29) is 22.0 Å². The van der Waals surface area contributed by atoms with E-state index in [1.54, 1.807) is 24.3 Å². The molecule has 190 valence electrons. The number of hydrogen-bond donors (Lipinski definition) is 2. The van der Waals surface area contributed by atoms with E-state index in [4.69, 9.17) is 0 Å².